The highest BCUT2D eigenvalue weighted by molar-refractivity contribution is 7.04. The molecule has 7 heteroatoms. The number of nitrogens with zero attached hydrogens (tertiary/aromatic N) is 2. The summed E-state index contributed by atoms with van der Waals surface area (Å²) in [5.74, 6) is 0.0795. The fourth-order valence-electron chi connectivity index (χ4n) is 1.99. The predicted octanol–water partition coefficient (Wildman–Crippen LogP) is 2.59. The van der Waals surface area contributed by atoms with Crippen molar-refractivity contribution < 1.29 is 9.53 Å². The third-order valence-corrected chi connectivity index (χ3v) is 3.67. The second kappa shape index (κ2) is 4.93. The molecule has 2 heterocycles. The van der Waals surface area contributed by atoms with Crippen molar-refractivity contribution in [3.05, 3.63) is 34.8 Å². The van der Waals surface area contributed by atoms with Gasteiger partial charge in [-0.15, -0.1) is 0 Å². The third-order valence-electron chi connectivity index (χ3n) is 3.06. The Morgan fingerprint density at radius 2 is 2.30 bits per heavy atom. The van der Waals surface area contributed by atoms with Crippen LogP contribution in [0.3, 0.4) is 0 Å². The maximum Gasteiger partial charge on any atom is 0.262 e. The molecule has 0 aliphatic heterocycles. The molecular formula is C13H12N4O2S. The molecule has 0 aliphatic rings. The van der Waals surface area contributed by atoms with Gasteiger partial charge in [0.25, 0.3) is 5.91 Å². The van der Waals surface area contributed by atoms with Gasteiger partial charge < -0.3 is 10.1 Å². The minimum absolute atomic E-state index is 0.254. The second-order valence-electron chi connectivity index (χ2n) is 4.28. The molecule has 0 saturated heterocycles. The van der Waals surface area contributed by atoms with Crippen LogP contribution < -0.4 is 10.1 Å². The van der Waals surface area contributed by atoms with Gasteiger partial charge in [0.15, 0.2) is 0 Å². The van der Waals surface area contributed by atoms with E-state index < -0.39 is 0 Å². The molecule has 2 aromatic heterocycles. The maximum absolute atomic E-state index is 12.2. The van der Waals surface area contributed by atoms with Gasteiger partial charge in [-0.2, -0.15) is 9.47 Å². The number of ether oxygens (including phenoxy) is 1. The minimum atomic E-state index is -0.254. The zero-order chi connectivity index (χ0) is 14.1. The zero-order valence-electron chi connectivity index (χ0n) is 10.9. The Kier molecular flexibility index (Phi) is 3.11. The summed E-state index contributed by atoms with van der Waals surface area (Å²) in [6.07, 6.45) is 1.74. The van der Waals surface area contributed by atoms with E-state index in [-0.39, 0.29) is 5.91 Å². The van der Waals surface area contributed by atoms with Gasteiger partial charge in [-0.25, -0.2) is 0 Å². The number of benzene rings is 1. The van der Waals surface area contributed by atoms with Crippen LogP contribution in [-0.4, -0.2) is 27.6 Å². The van der Waals surface area contributed by atoms with Crippen LogP contribution in [0, 0.1) is 6.92 Å². The third kappa shape index (κ3) is 2.01. The van der Waals surface area contributed by atoms with Crippen molar-refractivity contribution in [2.45, 2.75) is 6.92 Å². The topological polar surface area (TPSA) is 79.9 Å². The number of fused-ring (bicyclic) bond motifs is 1. The predicted molar refractivity (Wildman–Crippen MR) is 77.4 cm³/mol. The van der Waals surface area contributed by atoms with Gasteiger partial charge >= 0.3 is 0 Å². The molecule has 0 saturated carbocycles. The highest BCUT2D eigenvalue weighted by Crippen LogP contribution is 2.26. The number of amides is 1. The maximum atomic E-state index is 12.2. The molecule has 0 radical (unpaired) electrons. The molecule has 0 atom stereocenters. The number of carbonyl (C=O) groups excluding carboxylic acids is 1. The Balaban J connectivity index is 1.96. The molecular weight excluding hydrogens is 276 g/mol. The molecule has 0 bridgehead atoms. The van der Waals surface area contributed by atoms with E-state index in [9.17, 15) is 4.79 Å². The summed E-state index contributed by atoms with van der Waals surface area (Å²) in [6.45, 7) is 2.00. The van der Waals surface area contributed by atoms with E-state index in [1.807, 2.05) is 19.1 Å². The molecule has 0 unspecified atom stereocenters. The molecule has 2 N–H and O–H groups in total. The van der Waals surface area contributed by atoms with Crippen LogP contribution in [0.1, 0.15) is 15.9 Å². The summed E-state index contributed by atoms with van der Waals surface area (Å²) in [7, 11) is 1.49. The lowest BCUT2D eigenvalue weighted by Gasteiger charge is -2.07. The Bertz CT molecular complexity index is 778. The average Bonchev–Trinajstić information content (AvgIpc) is 3.09. The number of aryl methyl sites for hydroxylation is 1. The first-order valence-electron chi connectivity index (χ1n) is 5.93. The van der Waals surface area contributed by atoms with Gasteiger partial charge in [0.2, 0.25) is 5.88 Å². The van der Waals surface area contributed by atoms with Gasteiger partial charge in [0, 0.05) is 10.8 Å². The number of methoxy groups -OCH3 is 1. The summed E-state index contributed by atoms with van der Waals surface area (Å²) in [4.78, 5) is 12.2. The molecule has 0 aliphatic carbocycles. The minimum Gasteiger partial charge on any atom is -0.480 e. The zero-order valence-corrected chi connectivity index (χ0v) is 11.7. The largest absolute Gasteiger partial charge is 0.480 e. The van der Waals surface area contributed by atoms with Gasteiger partial charge in [0.05, 0.1) is 24.5 Å². The van der Waals surface area contributed by atoms with Crippen molar-refractivity contribution in [1.82, 2.24) is 14.6 Å². The Labute approximate surface area is 118 Å². The first kappa shape index (κ1) is 12.6. The van der Waals surface area contributed by atoms with Gasteiger partial charge in [-0.3, -0.25) is 9.89 Å². The van der Waals surface area contributed by atoms with Crippen LogP contribution in [0.5, 0.6) is 5.88 Å². The van der Waals surface area contributed by atoms with E-state index in [4.69, 9.17) is 4.74 Å². The van der Waals surface area contributed by atoms with E-state index in [0.29, 0.717) is 17.1 Å². The van der Waals surface area contributed by atoms with E-state index in [0.717, 1.165) is 16.5 Å². The van der Waals surface area contributed by atoms with Crippen LogP contribution in [0.2, 0.25) is 0 Å². The van der Waals surface area contributed by atoms with Crippen molar-refractivity contribution in [3.8, 4) is 5.88 Å². The van der Waals surface area contributed by atoms with E-state index in [2.05, 4.69) is 19.9 Å². The SMILES string of the molecule is COc1nscc1C(=O)Nc1ccc(C)c2cn[nH]c12. The number of nitrogens with one attached hydrogen (secondary N) is 2. The van der Waals surface area contributed by atoms with E-state index >= 15 is 0 Å². The Morgan fingerprint density at radius 1 is 1.45 bits per heavy atom. The number of carbonyl (C=O) groups is 1. The van der Waals surface area contributed by atoms with Crippen molar-refractivity contribution >= 4 is 34.0 Å². The number of H-pyrrole nitrogens is 1. The first-order valence-corrected chi connectivity index (χ1v) is 6.76. The second-order valence-corrected chi connectivity index (χ2v) is 4.91. The van der Waals surface area contributed by atoms with Gasteiger partial charge in [-0.1, -0.05) is 6.07 Å². The summed E-state index contributed by atoms with van der Waals surface area (Å²) in [5.41, 5.74) is 3.01. The molecule has 1 amide bonds. The normalized spacial score (nSPS) is 10.7. The van der Waals surface area contributed by atoms with Gasteiger partial charge in [-0.05, 0) is 30.1 Å². The lowest BCUT2D eigenvalue weighted by atomic mass is 10.1. The Morgan fingerprint density at radius 3 is 3.10 bits per heavy atom. The van der Waals surface area contributed by atoms with Crippen LogP contribution in [0.25, 0.3) is 10.9 Å². The smallest absolute Gasteiger partial charge is 0.262 e. The summed E-state index contributed by atoms with van der Waals surface area (Å²) in [6, 6.07) is 3.79. The molecule has 3 rings (SSSR count). The van der Waals surface area contributed by atoms with Crippen molar-refractivity contribution in [3.63, 3.8) is 0 Å². The number of hydrogen-bond donors (Lipinski definition) is 2. The molecule has 6 nitrogen and oxygen atoms in total. The number of anilines is 1. The average molecular weight is 288 g/mol. The van der Waals surface area contributed by atoms with Crippen LogP contribution in [0.15, 0.2) is 23.7 Å². The number of hydrogen-bond acceptors (Lipinski definition) is 5. The number of aromatic nitrogens is 3. The molecule has 3 aromatic rings. The molecule has 0 spiro atoms. The van der Waals surface area contributed by atoms with Gasteiger partial charge in [0.1, 0.15) is 5.56 Å². The van der Waals surface area contributed by atoms with E-state index in [1.54, 1.807) is 11.6 Å². The fourth-order valence-corrected chi connectivity index (χ4v) is 2.62. The van der Waals surface area contributed by atoms with Crippen molar-refractivity contribution in [2.75, 3.05) is 12.4 Å². The lowest BCUT2D eigenvalue weighted by Crippen LogP contribution is -2.12. The summed E-state index contributed by atoms with van der Waals surface area (Å²) < 4.78 is 9.06. The molecule has 0 fully saturated rings. The number of aromatic amines is 1. The first-order chi connectivity index (χ1) is 9.70. The summed E-state index contributed by atoms with van der Waals surface area (Å²) >= 11 is 1.18. The Hall–Kier alpha value is -2.41. The highest BCUT2D eigenvalue weighted by Gasteiger charge is 2.16. The monoisotopic (exact) mass is 288 g/mol. The van der Waals surface area contributed by atoms with Crippen molar-refractivity contribution in [2.24, 2.45) is 0 Å². The van der Waals surface area contributed by atoms with Crippen molar-refractivity contribution in [1.29, 1.82) is 0 Å². The molecule has 1 aromatic carbocycles. The summed E-state index contributed by atoms with van der Waals surface area (Å²) in [5, 5.41) is 12.4. The molecule has 20 heavy (non-hydrogen) atoms. The number of rotatable bonds is 3. The quantitative estimate of drug-likeness (QED) is 0.776. The fraction of sp³-hybridized carbons (Fsp3) is 0.154. The van der Waals surface area contributed by atoms with Crippen LogP contribution in [0.4, 0.5) is 5.69 Å². The van der Waals surface area contributed by atoms with Crippen LogP contribution in [-0.2, 0) is 0 Å². The standard InChI is InChI=1S/C13H12N4O2S/c1-7-3-4-10(11-8(7)5-14-16-11)15-12(18)9-6-20-17-13(9)19-2/h3-6H,1-2H3,(H,14,16)(H,15,18). The molecule has 102 valence electrons. The van der Waals surface area contributed by atoms with Crippen LogP contribution >= 0.6 is 11.5 Å². The lowest BCUT2D eigenvalue weighted by molar-refractivity contribution is 0.102. The van der Waals surface area contributed by atoms with E-state index in [1.165, 1.54) is 18.6 Å². The highest BCUT2D eigenvalue weighted by atomic mass is 32.1.